The second kappa shape index (κ2) is 13.9. The molecular formula is C18H33O9PW2-2. The number of aliphatic hydroxyl groups excluding tert-OH is 1. The molecule has 2 aliphatic rings. The summed E-state index contributed by atoms with van der Waals surface area (Å²) in [5.74, 6) is 0. The predicted octanol–water partition coefficient (Wildman–Crippen LogP) is 1.56. The van der Waals surface area contributed by atoms with E-state index >= 15 is 0 Å². The zero-order chi connectivity index (χ0) is 21.1. The van der Waals surface area contributed by atoms with Crippen LogP contribution < -0.4 is 4.89 Å². The molecule has 1 N–H and O–H groups in total. The molecule has 2 saturated heterocycles. The van der Waals surface area contributed by atoms with Crippen LogP contribution in [0.2, 0.25) is 0 Å². The van der Waals surface area contributed by atoms with E-state index in [9.17, 15) is 14.6 Å². The quantitative estimate of drug-likeness (QED) is 0.260. The third kappa shape index (κ3) is 9.65. The average Bonchev–Trinajstić information content (AvgIpc) is 3.04. The Kier molecular flexibility index (Phi) is 14.5. The van der Waals surface area contributed by atoms with E-state index < -0.39 is 38.3 Å². The summed E-state index contributed by atoms with van der Waals surface area (Å²) in [6.45, 7) is 12.2. The first-order valence-corrected chi connectivity index (χ1v) is 11.2. The number of hydrogen-bond acceptors (Lipinski definition) is 9. The Labute approximate surface area is 208 Å². The first-order valence-electron chi connectivity index (χ1n) is 9.75. The van der Waals surface area contributed by atoms with Crippen molar-refractivity contribution in [1.29, 1.82) is 0 Å². The maximum atomic E-state index is 12.3. The molecule has 0 bridgehead atoms. The van der Waals surface area contributed by atoms with Crippen molar-refractivity contribution in [3.8, 4) is 0 Å². The van der Waals surface area contributed by atoms with Crippen molar-refractivity contribution in [3.63, 3.8) is 0 Å². The molecule has 4 unspecified atom stereocenters. The second-order valence-corrected chi connectivity index (χ2v) is 9.20. The maximum Gasteiger partial charge on any atom is 0.237 e. The van der Waals surface area contributed by atoms with Gasteiger partial charge in [-0.25, -0.2) is 0 Å². The van der Waals surface area contributed by atoms with Crippen LogP contribution in [0.5, 0.6) is 0 Å². The smallest absolute Gasteiger partial charge is 0.237 e. The van der Waals surface area contributed by atoms with Crippen LogP contribution in [0, 0.1) is 6.61 Å². The van der Waals surface area contributed by atoms with Gasteiger partial charge in [-0.05, 0) is 54.1 Å². The van der Waals surface area contributed by atoms with E-state index in [2.05, 4.69) is 0 Å². The summed E-state index contributed by atoms with van der Waals surface area (Å²) in [6.07, 6.45) is -4.02. The van der Waals surface area contributed by atoms with Gasteiger partial charge >= 0.3 is 0 Å². The third-order valence-electron chi connectivity index (χ3n) is 4.51. The number of phosphoric ester groups is 1. The number of hydrogen-bond donors (Lipinski definition) is 1. The molecule has 0 saturated carbocycles. The minimum absolute atomic E-state index is 0. The standard InChI is InChI=1S/C18H34O9P.2W/c1-10(2)22-8-16-18(17(19)13(6)26-16)27-28(20,21)23-9-15-14(24-11(3)4)7-12(5)25-15;;/h9-19H,7-8H2,1-6H3,(H,20,21);;/q-1;;/p-1/t12-,13-,14?,15+,16+,17?,18?;;/m0../s1. The van der Waals surface area contributed by atoms with Gasteiger partial charge in [0.2, 0.25) is 7.82 Å². The monoisotopic (exact) mass is 792 g/mol. The van der Waals surface area contributed by atoms with Crippen LogP contribution >= 0.6 is 7.82 Å². The molecule has 12 heteroatoms. The van der Waals surface area contributed by atoms with Crippen LogP contribution in [0.25, 0.3) is 0 Å². The minimum atomic E-state index is -4.76. The van der Waals surface area contributed by atoms with E-state index in [1.54, 1.807) is 6.92 Å². The van der Waals surface area contributed by atoms with E-state index in [-0.39, 0.29) is 73.2 Å². The van der Waals surface area contributed by atoms with Gasteiger partial charge in [0.05, 0.1) is 37.1 Å². The summed E-state index contributed by atoms with van der Waals surface area (Å²) < 4.78 is 44.8. The Hall–Kier alpha value is 1.29. The van der Waals surface area contributed by atoms with Crippen molar-refractivity contribution < 1.29 is 84.7 Å². The molecule has 0 aromatic carbocycles. The summed E-state index contributed by atoms with van der Waals surface area (Å²) >= 11 is 0. The van der Waals surface area contributed by atoms with Gasteiger partial charge in [0.15, 0.2) is 0 Å². The molecule has 9 nitrogen and oxygen atoms in total. The molecule has 8 atom stereocenters. The van der Waals surface area contributed by atoms with Gasteiger partial charge in [0.1, 0.15) is 18.3 Å². The Morgan fingerprint density at radius 2 is 1.80 bits per heavy atom. The molecule has 2 aliphatic heterocycles. The van der Waals surface area contributed by atoms with Crippen LogP contribution in [0.15, 0.2) is 0 Å². The van der Waals surface area contributed by atoms with Crippen molar-refractivity contribution in [2.75, 3.05) is 6.61 Å². The Bertz CT molecular complexity index is 540. The van der Waals surface area contributed by atoms with Crippen molar-refractivity contribution in [2.24, 2.45) is 0 Å². The Morgan fingerprint density at radius 1 is 1.17 bits per heavy atom. The van der Waals surface area contributed by atoms with Gasteiger partial charge < -0.3 is 38.0 Å². The Balaban J connectivity index is 0.00000420. The SMILES string of the molecule is CC(C)OC[C@H]1O[C@@H](C)C(O)C1OP(=O)([O-])O[CH-][C@H]1O[C@@H](C)CC1OC(C)C.[W].[W]. The molecule has 30 heavy (non-hydrogen) atoms. The van der Waals surface area contributed by atoms with Gasteiger partial charge in [0.25, 0.3) is 0 Å². The summed E-state index contributed by atoms with van der Waals surface area (Å²) in [6, 6.07) is 0. The summed E-state index contributed by atoms with van der Waals surface area (Å²) in [5.41, 5.74) is 0. The van der Waals surface area contributed by atoms with Gasteiger partial charge in [-0.15, -0.1) is 0 Å². The van der Waals surface area contributed by atoms with Crippen LogP contribution in [0.1, 0.15) is 48.0 Å². The fourth-order valence-corrected chi connectivity index (χ4v) is 4.13. The van der Waals surface area contributed by atoms with Crippen LogP contribution in [0.3, 0.4) is 0 Å². The van der Waals surface area contributed by atoms with Gasteiger partial charge in [-0.1, -0.05) is 0 Å². The van der Waals surface area contributed by atoms with E-state index in [0.717, 1.165) is 6.61 Å². The largest absolute Gasteiger partial charge is 0.758 e. The molecule has 0 aromatic rings. The first kappa shape index (κ1) is 31.3. The molecule has 0 spiro atoms. The molecule has 0 radical (unpaired) electrons. The normalized spacial score (nSPS) is 35.9. The van der Waals surface area contributed by atoms with Crippen molar-refractivity contribution in [2.45, 2.75) is 103 Å². The van der Waals surface area contributed by atoms with E-state index in [1.807, 2.05) is 34.6 Å². The number of phosphoric acid groups is 1. The van der Waals surface area contributed by atoms with Crippen LogP contribution in [-0.2, 0) is 74.7 Å². The second-order valence-electron chi connectivity index (χ2n) is 7.88. The molecule has 0 amide bonds. The summed E-state index contributed by atoms with van der Waals surface area (Å²) in [4.78, 5) is 12.3. The van der Waals surface area contributed by atoms with E-state index in [0.29, 0.717) is 6.42 Å². The van der Waals surface area contributed by atoms with Gasteiger partial charge in [-0.2, -0.15) is 6.61 Å². The predicted molar refractivity (Wildman–Crippen MR) is 98.3 cm³/mol. The topological polar surface area (TPSA) is 116 Å². The fourth-order valence-electron chi connectivity index (χ4n) is 3.26. The minimum Gasteiger partial charge on any atom is -0.758 e. The zero-order valence-electron chi connectivity index (χ0n) is 18.2. The molecule has 0 aliphatic carbocycles. The molecule has 2 fully saturated rings. The molecular weight excluding hydrogens is 759 g/mol. The summed E-state index contributed by atoms with van der Waals surface area (Å²) in [5, 5.41) is 10.2. The molecule has 178 valence electrons. The Morgan fingerprint density at radius 3 is 2.37 bits per heavy atom. The van der Waals surface area contributed by atoms with Crippen LogP contribution in [0.4, 0.5) is 0 Å². The zero-order valence-corrected chi connectivity index (χ0v) is 24.9. The van der Waals surface area contributed by atoms with Gasteiger partial charge in [-0.3, -0.25) is 4.57 Å². The number of aliphatic hydroxyl groups is 1. The average molecular weight is 792 g/mol. The van der Waals surface area contributed by atoms with Crippen molar-refractivity contribution >= 4 is 7.82 Å². The number of rotatable bonds is 10. The van der Waals surface area contributed by atoms with Crippen molar-refractivity contribution in [1.82, 2.24) is 0 Å². The maximum absolute atomic E-state index is 12.3. The molecule has 0 aromatic heterocycles. The van der Waals surface area contributed by atoms with Crippen molar-refractivity contribution in [3.05, 3.63) is 6.61 Å². The van der Waals surface area contributed by atoms with E-state index in [4.69, 9.17) is 28.0 Å². The van der Waals surface area contributed by atoms with Gasteiger partial charge in [0, 0.05) is 42.1 Å². The van der Waals surface area contributed by atoms with Crippen LogP contribution in [-0.4, -0.2) is 66.6 Å². The molecule has 2 heterocycles. The summed E-state index contributed by atoms with van der Waals surface area (Å²) in [7, 11) is -4.76. The molecule has 2 rings (SSSR count). The first-order chi connectivity index (χ1) is 13.0. The third-order valence-corrected chi connectivity index (χ3v) is 5.39. The number of ether oxygens (including phenoxy) is 4. The van der Waals surface area contributed by atoms with E-state index in [1.165, 1.54) is 0 Å². The fraction of sp³-hybridized carbons (Fsp3) is 0.944.